The maximum atomic E-state index is 13.3. The van der Waals surface area contributed by atoms with Crippen molar-refractivity contribution in [3.63, 3.8) is 0 Å². The average Bonchev–Trinajstić information content (AvgIpc) is 3.51. The van der Waals surface area contributed by atoms with Gasteiger partial charge >= 0.3 is 10.8 Å². The first-order valence-electron chi connectivity index (χ1n) is 10.5. The maximum absolute atomic E-state index is 13.3. The van der Waals surface area contributed by atoms with Crippen molar-refractivity contribution in [1.29, 1.82) is 0 Å². The SMILES string of the molecule is O=C(O)CCCN1C(=O)[C@@H]2[C@H]3C[C@@H]([C@@H]4Sc5[nH]c(=O)sc5[C@H](c5ccco5)[C@H]34)[C@H]2C1=O. The summed E-state index contributed by atoms with van der Waals surface area (Å²) >= 11 is 2.85. The van der Waals surface area contributed by atoms with Crippen LogP contribution in [-0.4, -0.2) is 44.6 Å². The number of aliphatic carboxylic acids is 1. The van der Waals surface area contributed by atoms with Gasteiger partial charge in [0.05, 0.1) is 33.9 Å². The standard InChI is InChI=1S/C21H20N2O6S2/c24-11(25)4-1-5-23-19(26)13-8-7-9(14(13)20(23)27)16-12(8)15(10-3-2-6-29-10)17-18(30-16)22-21(28)31-17/h2-3,6,8-9,12-16H,1,4-5,7H2,(H,22,28)(H,24,25)/t8-,9+,12-,13+,14+,15+,16-/m0/s1. The summed E-state index contributed by atoms with van der Waals surface area (Å²) in [6.07, 6.45) is 2.67. The van der Waals surface area contributed by atoms with Crippen molar-refractivity contribution in [2.45, 2.75) is 35.5 Å². The summed E-state index contributed by atoms with van der Waals surface area (Å²) in [6.45, 7) is 0.168. The Morgan fingerprint density at radius 2 is 2.00 bits per heavy atom. The molecule has 2 bridgehead atoms. The van der Waals surface area contributed by atoms with E-state index in [4.69, 9.17) is 9.52 Å². The molecule has 7 atom stereocenters. The van der Waals surface area contributed by atoms with E-state index >= 15 is 0 Å². The number of thioether (sulfide) groups is 1. The summed E-state index contributed by atoms with van der Waals surface area (Å²) < 4.78 is 5.77. The first-order chi connectivity index (χ1) is 15.0. The summed E-state index contributed by atoms with van der Waals surface area (Å²) in [5.41, 5.74) is 0. The first-order valence-corrected chi connectivity index (χ1v) is 12.2. The number of aromatic nitrogens is 1. The van der Waals surface area contributed by atoms with Gasteiger partial charge in [-0.1, -0.05) is 11.3 Å². The van der Waals surface area contributed by atoms with Crippen LogP contribution in [0.1, 0.15) is 35.8 Å². The Kier molecular flexibility index (Phi) is 4.27. The maximum Gasteiger partial charge on any atom is 0.305 e. The second kappa shape index (κ2) is 6.83. The Balaban J connectivity index is 1.36. The lowest BCUT2D eigenvalue weighted by atomic mass is 9.69. The van der Waals surface area contributed by atoms with Gasteiger partial charge in [0.15, 0.2) is 0 Å². The fraction of sp³-hybridized carbons (Fsp3) is 0.524. The fourth-order valence-electron chi connectivity index (χ4n) is 6.47. The van der Waals surface area contributed by atoms with Crippen molar-refractivity contribution < 1.29 is 23.9 Å². The molecule has 0 spiro atoms. The molecule has 0 radical (unpaired) electrons. The van der Waals surface area contributed by atoms with Gasteiger partial charge in [-0.3, -0.25) is 24.1 Å². The highest BCUT2D eigenvalue weighted by molar-refractivity contribution is 8.00. The number of nitrogens with zero attached hydrogens (tertiary/aromatic N) is 1. The minimum atomic E-state index is -0.928. The number of thiazole rings is 1. The number of hydrogen-bond donors (Lipinski definition) is 2. The lowest BCUT2D eigenvalue weighted by Gasteiger charge is -2.42. The van der Waals surface area contributed by atoms with E-state index in [-0.39, 0.29) is 76.8 Å². The molecule has 8 nitrogen and oxygen atoms in total. The quantitative estimate of drug-likeness (QED) is 0.657. The van der Waals surface area contributed by atoms with E-state index in [1.54, 1.807) is 18.0 Å². The van der Waals surface area contributed by atoms with Crippen LogP contribution in [0.4, 0.5) is 0 Å². The second-order valence-corrected chi connectivity index (χ2v) is 11.0. The Morgan fingerprint density at radius 1 is 1.23 bits per heavy atom. The Hall–Kier alpha value is -2.33. The van der Waals surface area contributed by atoms with Crippen molar-refractivity contribution in [3.05, 3.63) is 38.7 Å². The van der Waals surface area contributed by atoms with Gasteiger partial charge in [-0.2, -0.15) is 0 Å². The Labute approximate surface area is 185 Å². The predicted octanol–water partition coefficient (Wildman–Crippen LogP) is 2.37. The topological polar surface area (TPSA) is 121 Å². The molecule has 3 fully saturated rings. The van der Waals surface area contributed by atoms with Gasteiger partial charge in [-0.15, -0.1) is 11.8 Å². The van der Waals surface area contributed by atoms with Crippen LogP contribution in [0.25, 0.3) is 0 Å². The van der Waals surface area contributed by atoms with E-state index in [1.807, 2.05) is 12.1 Å². The number of nitrogens with one attached hydrogen (secondary N) is 1. The third-order valence-electron chi connectivity index (χ3n) is 7.44. The monoisotopic (exact) mass is 460 g/mol. The summed E-state index contributed by atoms with van der Waals surface area (Å²) in [5.74, 6) is -0.965. The number of carbonyl (C=O) groups excluding carboxylic acids is 2. The van der Waals surface area contributed by atoms with E-state index in [9.17, 15) is 19.2 Å². The fourth-order valence-corrected chi connectivity index (χ4v) is 9.34. The lowest BCUT2D eigenvalue weighted by molar-refractivity contribution is -0.142. The number of carboxylic acid groups (broad SMARTS) is 1. The molecule has 162 valence electrons. The number of amides is 2. The van der Waals surface area contributed by atoms with E-state index in [0.29, 0.717) is 0 Å². The van der Waals surface area contributed by atoms with Crippen LogP contribution in [-0.2, 0) is 14.4 Å². The molecule has 10 heteroatoms. The van der Waals surface area contributed by atoms with Crippen LogP contribution >= 0.6 is 23.1 Å². The summed E-state index contributed by atoms with van der Waals surface area (Å²) in [5, 5.41) is 9.89. The molecule has 2 aliphatic heterocycles. The van der Waals surface area contributed by atoms with E-state index < -0.39 is 5.97 Å². The van der Waals surface area contributed by atoms with E-state index in [0.717, 1.165) is 22.1 Å². The van der Waals surface area contributed by atoms with Crippen molar-refractivity contribution in [3.8, 4) is 0 Å². The molecule has 2 N–H and O–H groups in total. The Bertz CT molecular complexity index is 1140. The molecule has 4 heterocycles. The average molecular weight is 461 g/mol. The molecule has 31 heavy (non-hydrogen) atoms. The highest BCUT2D eigenvalue weighted by Crippen LogP contribution is 2.68. The zero-order chi connectivity index (χ0) is 21.4. The molecule has 0 unspecified atom stereocenters. The first kappa shape index (κ1) is 19.4. The smallest absolute Gasteiger partial charge is 0.305 e. The number of imide groups is 1. The van der Waals surface area contributed by atoms with E-state index in [1.165, 1.54) is 16.2 Å². The summed E-state index contributed by atoms with van der Waals surface area (Å²) in [6, 6.07) is 3.76. The number of rotatable bonds is 5. The Morgan fingerprint density at radius 3 is 2.71 bits per heavy atom. The minimum absolute atomic E-state index is 0.0499. The number of aromatic amines is 1. The van der Waals surface area contributed by atoms with Crippen LogP contribution in [0.2, 0.25) is 0 Å². The number of H-pyrrole nitrogens is 1. The van der Waals surface area contributed by atoms with Gasteiger partial charge in [0, 0.05) is 18.2 Å². The van der Waals surface area contributed by atoms with Gasteiger partial charge in [-0.05, 0) is 42.7 Å². The van der Waals surface area contributed by atoms with Gasteiger partial charge in [0.1, 0.15) is 5.76 Å². The summed E-state index contributed by atoms with van der Waals surface area (Å²) in [7, 11) is 0. The van der Waals surface area contributed by atoms with Gasteiger partial charge in [-0.25, -0.2) is 0 Å². The largest absolute Gasteiger partial charge is 0.481 e. The third-order valence-corrected chi connectivity index (χ3v) is 10.0. The van der Waals surface area contributed by atoms with Crippen molar-refractivity contribution in [2.75, 3.05) is 6.54 Å². The highest BCUT2D eigenvalue weighted by Gasteiger charge is 2.69. The van der Waals surface area contributed by atoms with Gasteiger partial charge in [0.2, 0.25) is 11.8 Å². The molecule has 6 rings (SSSR count). The normalized spacial score (nSPS) is 35.4. The number of furan rings is 1. The van der Waals surface area contributed by atoms with E-state index in [2.05, 4.69) is 4.98 Å². The number of carbonyl (C=O) groups is 3. The van der Waals surface area contributed by atoms with Crippen LogP contribution in [0.15, 0.2) is 32.6 Å². The van der Waals surface area contributed by atoms with Gasteiger partial charge in [0.25, 0.3) is 0 Å². The lowest BCUT2D eigenvalue weighted by Crippen LogP contribution is -2.42. The highest BCUT2D eigenvalue weighted by atomic mass is 32.2. The summed E-state index contributed by atoms with van der Waals surface area (Å²) in [4.78, 5) is 54.5. The second-order valence-electron chi connectivity index (χ2n) is 8.80. The number of likely N-dealkylation sites (tertiary alicyclic amines) is 1. The molecule has 2 aromatic heterocycles. The zero-order valence-electron chi connectivity index (χ0n) is 16.4. The zero-order valence-corrected chi connectivity index (χ0v) is 18.0. The number of hydrogen-bond acceptors (Lipinski definition) is 7. The molecule has 2 aliphatic carbocycles. The minimum Gasteiger partial charge on any atom is -0.481 e. The van der Waals surface area contributed by atoms with Crippen molar-refractivity contribution in [1.82, 2.24) is 9.88 Å². The molecule has 2 saturated carbocycles. The van der Waals surface area contributed by atoms with Crippen molar-refractivity contribution >= 4 is 40.9 Å². The molecule has 0 aromatic carbocycles. The van der Waals surface area contributed by atoms with Gasteiger partial charge < -0.3 is 14.5 Å². The number of carboxylic acids is 1. The molecule has 1 saturated heterocycles. The number of fused-ring (bicyclic) bond motifs is 9. The molecule has 4 aliphatic rings. The van der Waals surface area contributed by atoms with Crippen LogP contribution < -0.4 is 4.87 Å². The van der Waals surface area contributed by atoms with Crippen LogP contribution in [0, 0.1) is 29.6 Å². The predicted molar refractivity (Wildman–Crippen MR) is 111 cm³/mol. The molecule has 2 amide bonds. The van der Waals surface area contributed by atoms with Crippen LogP contribution in [0.3, 0.4) is 0 Å². The van der Waals surface area contributed by atoms with Crippen LogP contribution in [0.5, 0.6) is 0 Å². The third kappa shape index (κ3) is 2.67. The molecular formula is C21H20N2O6S2. The molecular weight excluding hydrogens is 440 g/mol. The molecule has 2 aromatic rings. The van der Waals surface area contributed by atoms with Crippen molar-refractivity contribution in [2.24, 2.45) is 29.6 Å².